The van der Waals surface area contributed by atoms with Gasteiger partial charge in [0.05, 0.1) is 23.1 Å². The van der Waals surface area contributed by atoms with Gasteiger partial charge in [-0.3, -0.25) is 9.78 Å². The molecule has 4 aromatic heterocycles. The van der Waals surface area contributed by atoms with Crippen molar-refractivity contribution in [3.8, 4) is 17.2 Å². The lowest BCUT2D eigenvalue weighted by Gasteiger charge is -2.09. The first-order valence-corrected chi connectivity index (χ1v) is 12.1. The molecule has 0 saturated heterocycles. The van der Waals surface area contributed by atoms with Crippen LogP contribution in [-0.4, -0.2) is 37.2 Å². The van der Waals surface area contributed by atoms with E-state index in [1.54, 1.807) is 40.8 Å². The fourth-order valence-electron chi connectivity index (χ4n) is 4.07. The fraction of sp³-hybridized carbons (Fsp3) is 0.320. The molecule has 0 aliphatic heterocycles. The van der Waals surface area contributed by atoms with E-state index in [9.17, 15) is 4.79 Å². The highest BCUT2D eigenvalue weighted by atomic mass is 32.1. The molecule has 0 aromatic carbocycles. The maximum atomic E-state index is 13.0. The van der Waals surface area contributed by atoms with E-state index in [0.717, 1.165) is 42.6 Å². The molecule has 5 rings (SSSR count). The van der Waals surface area contributed by atoms with Crippen molar-refractivity contribution < 1.29 is 4.79 Å². The van der Waals surface area contributed by atoms with Crippen LogP contribution in [0.1, 0.15) is 56.6 Å². The minimum Gasteiger partial charge on any atom is -0.352 e. The number of aromatic nitrogens is 5. The van der Waals surface area contributed by atoms with Gasteiger partial charge in [0, 0.05) is 46.4 Å². The van der Waals surface area contributed by atoms with Crippen LogP contribution >= 0.6 is 11.3 Å². The Morgan fingerprint density at radius 3 is 2.73 bits per heavy atom. The molecular weight excluding hydrogens is 432 g/mol. The van der Waals surface area contributed by atoms with E-state index >= 15 is 0 Å². The summed E-state index contributed by atoms with van der Waals surface area (Å²) in [6.07, 6.45) is 10.9. The summed E-state index contributed by atoms with van der Waals surface area (Å²) in [6, 6.07) is 8.09. The standard InChI is InChI=1S/C25H26N6OS/c1-16-14-20(17(2)33-16)22-9-13-28-25(30-22)31-23(19-5-6-19)21(15-29-31)24(32)27-10-3-4-18-7-11-26-12-8-18/h7-9,11-15,19H,3-6,10H2,1-2H3,(H,27,32). The quantitative estimate of drug-likeness (QED) is 0.389. The smallest absolute Gasteiger partial charge is 0.254 e. The van der Waals surface area contributed by atoms with Crippen LogP contribution in [0.15, 0.2) is 49.1 Å². The van der Waals surface area contributed by atoms with E-state index in [4.69, 9.17) is 4.98 Å². The zero-order valence-corrected chi connectivity index (χ0v) is 19.6. The third kappa shape index (κ3) is 4.71. The molecule has 4 heterocycles. The first-order chi connectivity index (χ1) is 16.1. The summed E-state index contributed by atoms with van der Waals surface area (Å²) in [6.45, 7) is 4.82. The van der Waals surface area contributed by atoms with Crippen molar-refractivity contribution in [2.24, 2.45) is 0 Å². The second-order valence-electron chi connectivity index (χ2n) is 8.41. The van der Waals surface area contributed by atoms with Gasteiger partial charge in [-0.1, -0.05) is 0 Å². The number of thiophene rings is 1. The second-order valence-corrected chi connectivity index (χ2v) is 9.87. The van der Waals surface area contributed by atoms with Gasteiger partial charge in [-0.05, 0) is 69.4 Å². The molecule has 168 valence electrons. The topological polar surface area (TPSA) is 85.6 Å². The number of carbonyl (C=O) groups is 1. The summed E-state index contributed by atoms with van der Waals surface area (Å²) in [7, 11) is 0. The zero-order valence-electron chi connectivity index (χ0n) is 18.8. The molecule has 1 aliphatic carbocycles. The summed E-state index contributed by atoms with van der Waals surface area (Å²) >= 11 is 1.76. The van der Waals surface area contributed by atoms with E-state index in [-0.39, 0.29) is 5.91 Å². The Morgan fingerprint density at radius 1 is 1.18 bits per heavy atom. The molecule has 0 spiro atoms. The largest absolute Gasteiger partial charge is 0.352 e. The highest BCUT2D eigenvalue weighted by Gasteiger charge is 2.33. The first-order valence-electron chi connectivity index (χ1n) is 11.3. The van der Waals surface area contributed by atoms with E-state index < -0.39 is 0 Å². The number of rotatable bonds is 8. The molecule has 8 heteroatoms. The molecule has 33 heavy (non-hydrogen) atoms. The summed E-state index contributed by atoms with van der Waals surface area (Å²) in [5.74, 6) is 0.746. The van der Waals surface area contributed by atoms with Gasteiger partial charge in [0.25, 0.3) is 11.9 Å². The first kappa shape index (κ1) is 21.5. The van der Waals surface area contributed by atoms with Crippen molar-refractivity contribution in [3.63, 3.8) is 0 Å². The van der Waals surface area contributed by atoms with Crippen LogP contribution in [-0.2, 0) is 6.42 Å². The predicted octanol–water partition coefficient (Wildman–Crippen LogP) is 4.64. The molecule has 4 aromatic rings. The van der Waals surface area contributed by atoms with E-state index in [1.807, 2.05) is 18.2 Å². The van der Waals surface area contributed by atoms with Crippen molar-refractivity contribution in [2.75, 3.05) is 6.54 Å². The van der Waals surface area contributed by atoms with Crippen LogP contribution in [0.4, 0.5) is 0 Å². The number of pyridine rings is 1. The molecule has 1 aliphatic rings. The Morgan fingerprint density at radius 2 is 2.00 bits per heavy atom. The Bertz CT molecular complexity index is 1280. The lowest BCUT2D eigenvalue weighted by molar-refractivity contribution is 0.0952. The summed E-state index contributed by atoms with van der Waals surface area (Å²) in [5.41, 5.74) is 4.75. The summed E-state index contributed by atoms with van der Waals surface area (Å²) < 4.78 is 1.75. The minimum atomic E-state index is -0.0849. The molecule has 7 nitrogen and oxygen atoms in total. The van der Waals surface area contributed by atoms with Gasteiger partial charge in [-0.25, -0.2) is 14.6 Å². The second kappa shape index (κ2) is 9.23. The van der Waals surface area contributed by atoms with Gasteiger partial charge < -0.3 is 5.32 Å². The van der Waals surface area contributed by atoms with Gasteiger partial charge in [-0.15, -0.1) is 11.3 Å². The Balaban J connectivity index is 1.34. The highest BCUT2D eigenvalue weighted by molar-refractivity contribution is 7.12. The van der Waals surface area contributed by atoms with E-state index in [2.05, 4.69) is 40.3 Å². The summed E-state index contributed by atoms with van der Waals surface area (Å²) in [5, 5.41) is 7.59. The predicted molar refractivity (Wildman–Crippen MR) is 129 cm³/mol. The Labute approximate surface area is 196 Å². The van der Waals surface area contributed by atoms with Gasteiger partial charge in [0.1, 0.15) is 0 Å². The van der Waals surface area contributed by atoms with Gasteiger partial charge in [0.2, 0.25) is 0 Å². The molecule has 0 bridgehead atoms. The normalized spacial score (nSPS) is 13.3. The van der Waals surface area contributed by atoms with Gasteiger partial charge in [-0.2, -0.15) is 5.10 Å². The third-order valence-corrected chi connectivity index (χ3v) is 6.81. The third-order valence-electron chi connectivity index (χ3n) is 5.84. The Hall–Kier alpha value is -3.39. The van der Waals surface area contributed by atoms with Crippen LogP contribution in [0.25, 0.3) is 17.2 Å². The van der Waals surface area contributed by atoms with E-state index in [1.165, 1.54) is 15.3 Å². The zero-order chi connectivity index (χ0) is 22.8. The SMILES string of the molecule is Cc1cc(-c2ccnc(-n3ncc(C(=O)NCCCc4ccncc4)c3C3CC3)n2)c(C)s1. The van der Waals surface area contributed by atoms with Crippen LogP contribution in [0.5, 0.6) is 0 Å². The number of hydrogen-bond acceptors (Lipinski definition) is 6. The number of nitrogens with zero attached hydrogens (tertiary/aromatic N) is 5. The van der Waals surface area contributed by atoms with E-state index in [0.29, 0.717) is 24.0 Å². The number of carbonyl (C=O) groups excluding carboxylic acids is 1. The molecule has 1 fully saturated rings. The van der Waals surface area contributed by atoms with Crippen molar-refractivity contribution in [1.29, 1.82) is 0 Å². The monoisotopic (exact) mass is 458 g/mol. The maximum Gasteiger partial charge on any atom is 0.254 e. The lowest BCUT2D eigenvalue weighted by atomic mass is 10.1. The van der Waals surface area contributed by atoms with Gasteiger partial charge >= 0.3 is 0 Å². The van der Waals surface area contributed by atoms with Crippen molar-refractivity contribution in [2.45, 2.75) is 45.4 Å². The fourth-order valence-corrected chi connectivity index (χ4v) is 5.00. The van der Waals surface area contributed by atoms with Crippen LogP contribution < -0.4 is 5.32 Å². The average molecular weight is 459 g/mol. The molecule has 1 amide bonds. The highest BCUT2D eigenvalue weighted by Crippen LogP contribution is 2.42. The number of hydrogen-bond donors (Lipinski definition) is 1. The molecule has 0 radical (unpaired) electrons. The molecule has 0 atom stereocenters. The van der Waals surface area contributed by atoms with Crippen LogP contribution in [0.3, 0.4) is 0 Å². The molecular formula is C25H26N6OS. The van der Waals surface area contributed by atoms with Gasteiger partial charge in [0.15, 0.2) is 0 Å². The van der Waals surface area contributed by atoms with Crippen molar-refractivity contribution in [1.82, 2.24) is 30.0 Å². The molecule has 1 N–H and O–H groups in total. The average Bonchev–Trinajstić information content (AvgIpc) is 3.48. The Kier molecular flexibility index (Phi) is 6.00. The van der Waals surface area contributed by atoms with Crippen molar-refractivity contribution in [3.05, 3.63) is 75.6 Å². The maximum absolute atomic E-state index is 13.0. The van der Waals surface area contributed by atoms with Crippen molar-refractivity contribution >= 4 is 17.2 Å². The number of nitrogens with one attached hydrogen (secondary N) is 1. The molecule has 0 unspecified atom stereocenters. The lowest BCUT2D eigenvalue weighted by Crippen LogP contribution is -2.25. The van der Waals surface area contributed by atoms with Crippen LogP contribution in [0.2, 0.25) is 0 Å². The number of amides is 1. The number of aryl methyl sites for hydroxylation is 3. The molecule has 1 saturated carbocycles. The minimum absolute atomic E-state index is 0.0849. The summed E-state index contributed by atoms with van der Waals surface area (Å²) in [4.78, 5) is 28.8. The van der Waals surface area contributed by atoms with Crippen LogP contribution in [0, 0.1) is 13.8 Å².